The molecule has 0 saturated carbocycles. The number of aromatic nitrogens is 1. The molecule has 0 bridgehead atoms. The first-order chi connectivity index (χ1) is 10.3. The molecule has 0 radical (unpaired) electrons. The molecular weight excluding hydrogens is 256 g/mol. The first-order valence-electron chi connectivity index (χ1n) is 7.08. The number of fused-ring (bicyclic) bond motifs is 2. The molecule has 0 atom stereocenters. The number of nitrogens with two attached hydrogens (primary N) is 1. The molecule has 2 N–H and O–H groups in total. The number of hydrogen-bond acceptors (Lipinski definition) is 1. The molecule has 0 saturated heterocycles. The molecule has 0 amide bonds. The Kier molecular flexibility index (Phi) is 2.51. The molecule has 0 aliphatic heterocycles. The van der Waals surface area contributed by atoms with Gasteiger partial charge < -0.3 is 10.3 Å². The SMILES string of the molecule is Cn1c(-c2c(N)ccc3ccccc23)cc2ccccc21. The van der Waals surface area contributed by atoms with E-state index in [4.69, 9.17) is 5.73 Å². The van der Waals surface area contributed by atoms with Crippen molar-refractivity contribution in [2.45, 2.75) is 0 Å². The minimum absolute atomic E-state index is 0.819. The van der Waals surface area contributed by atoms with Crippen LogP contribution in [0.3, 0.4) is 0 Å². The van der Waals surface area contributed by atoms with Crippen LogP contribution in [-0.2, 0) is 7.05 Å². The van der Waals surface area contributed by atoms with E-state index in [0.29, 0.717) is 0 Å². The highest BCUT2D eigenvalue weighted by Crippen LogP contribution is 2.36. The Morgan fingerprint density at radius 1 is 0.810 bits per heavy atom. The summed E-state index contributed by atoms with van der Waals surface area (Å²) in [4.78, 5) is 0. The van der Waals surface area contributed by atoms with Crippen LogP contribution >= 0.6 is 0 Å². The molecule has 0 spiro atoms. The molecule has 102 valence electrons. The van der Waals surface area contributed by atoms with E-state index in [1.807, 2.05) is 6.07 Å². The van der Waals surface area contributed by atoms with Crippen molar-refractivity contribution >= 4 is 27.4 Å². The van der Waals surface area contributed by atoms with E-state index in [1.54, 1.807) is 0 Å². The zero-order chi connectivity index (χ0) is 14.4. The molecule has 0 aliphatic rings. The summed E-state index contributed by atoms with van der Waals surface area (Å²) >= 11 is 0. The lowest BCUT2D eigenvalue weighted by Crippen LogP contribution is -1.96. The topological polar surface area (TPSA) is 30.9 Å². The van der Waals surface area contributed by atoms with E-state index in [0.717, 1.165) is 16.9 Å². The lowest BCUT2D eigenvalue weighted by Gasteiger charge is -2.11. The van der Waals surface area contributed by atoms with Crippen molar-refractivity contribution in [3.05, 3.63) is 66.7 Å². The minimum Gasteiger partial charge on any atom is -0.398 e. The van der Waals surface area contributed by atoms with Crippen LogP contribution in [-0.4, -0.2) is 4.57 Å². The second kappa shape index (κ2) is 4.38. The summed E-state index contributed by atoms with van der Waals surface area (Å²) < 4.78 is 2.22. The Labute approximate surface area is 123 Å². The van der Waals surface area contributed by atoms with Crippen LogP contribution in [0.15, 0.2) is 66.7 Å². The first-order valence-corrected chi connectivity index (χ1v) is 7.08. The average Bonchev–Trinajstić information content (AvgIpc) is 2.84. The lowest BCUT2D eigenvalue weighted by atomic mass is 10.00. The van der Waals surface area contributed by atoms with Gasteiger partial charge in [0.25, 0.3) is 0 Å². The molecule has 0 fully saturated rings. The molecule has 4 aromatic rings. The van der Waals surface area contributed by atoms with E-state index >= 15 is 0 Å². The summed E-state index contributed by atoms with van der Waals surface area (Å²) in [5.41, 5.74) is 10.6. The van der Waals surface area contributed by atoms with Crippen LogP contribution in [0, 0.1) is 0 Å². The Hall–Kier alpha value is -2.74. The number of nitrogens with zero attached hydrogens (tertiary/aromatic N) is 1. The van der Waals surface area contributed by atoms with E-state index in [2.05, 4.69) is 72.3 Å². The van der Waals surface area contributed by atoms with Crippen LogP contribution in [0.2, 0.25) is 0 Å². The number of rotatable bonds is 1. The van der Waals surface area contributed by atoms with Crippen LogP contribution < -0.4 is 5.73 Å². The Morgan fingerprint density at radius 3 is 2.33 bits per heavy atom. The second-order valence-electron chi connectivity index (χ2n) is 5.40. The second-order valence-corrected chi connectivity index (χ2v) is 5.40. The molecule has 0 unspecified atom stereocenters. The summed E-state index contributed by atoms with van der Waals surface area (Å²) in [6, 6.07) is 23.1. The third kappa shape index (κ3) is 1.73. The molecule has 0 aliphatic carbocycles. The number of hydrogen-bond donors (Lipinski definition) is 1. The molecular formula is C19H16N2. The summed E-state index contributed by atoms with van der Waals surface area (Å²) in [5, 5.41) is 3.65. The number of para-hydroxylation sites is 1. The van der Waals surface area contributed by atoms with Crippen LogP contribution in [0.1, 0.15) is 0 Å². The van der Waals surface area contributed by atoms with Gasteiger partial charge in [-0.1, -0.05) is 48.5 Å². The van der Waals surface area contributed by atoms with Gasteiger partial charge in [0.1, 0.15) is 0 Å². The van der Waals surface area contributed by atoms with Gasteiger partial charge >= 0.3 is 0 Å². The maximum absolute atomic E-state index is 6.30. The minimum atomic E-state index is 0.819. The van der Waals surface area contributed by atoms with Crippen molar-refractivity contribution in [3.63, 3.8) is 0 Å². The average molecular weight is 272 g/mol. The van der Waals surface area contributed by atoms with Crippen molar-refractivity contribution in [2.75, 3.05) is 5.73 Å². The fraction of sp³-hybridized carbons (Fsp3) is 0.0526. The van der Waals surface area contributed by atoms with Gasteiger partial charge in [-0.25, -0.2) is 0 Å². The molecule has 2 heteroatoms. The Morgan fingerprint density at radius 2 is 1.52 bits per heavy atom. The fourth-order valence-electron chi connectivity index (χ4n) is 3.10. The van der Waals surface area contributed by atoms with E-state index in [1.165, 1.54) is 21.7 Å². The summed E-state index contributed by atoms with van der Waals surface area (Å²) in [5.74, 6) is 0. The van der Waals surface area contributed by atoms with Crippen LogP contribution in [0.4, 0.5) is 5.69 Å². The molecule has 4 rings (SSSR count). The van der Waals surface area contributed by atoms with Gasteiger partial charge in [-0.3, -0.25) is 0 Å². The molecule has 21 heavy (non-hydrogen) atoms. The molecule has 1 heterocycles. The largest absolute Gasteiger partial charge is 0.398 e. The van der Waals surface area contributed by atoms with Gasteiger partial charge in [0.05, 0.1) is 5.69 Å². The maximum atomic E-state index is 6.30. The quantitative estimate of drug-likeness (QED) is 0.505. The number of nitrogen functional groups attached to an aromatic ring is 1. The van der Waals surface area contributed by atoms with Gasteiger partial charge in [0.15, 0.2) is 0 Å². The monoisotopic (exact) mass is 272 g/mol. The summed E-state index contributed by atoms with van der Waals surface area (Å²) in [6.45, 7) is 0. The lowest BCUT2D eigenvalue weighted by molar-refractivity contribution is 0.980. The Balaban J connectivity index is 2.13. The van der Waals surface area contributed by atoms with Crippen molar-refractivity contribution in [2.24, 2.45) is 7.05 Å². The first kappa shape index (κ1) is 12.0. The van der Waals surface area contributed by atoms with E-state index in [9.17, 15) is 0 Å². The van der Waals surface area contributed by atoms with Gasteiger partial charge in [-0.05, 0) is 29.0 Å². The Bertz CT molecular complexity index is 964. The van der Waals surface area contributed by atoms with E-state index < -0.39 is 0 Å². The molecule has 3 aromatic carbocycles. The van der Waals surface area contributed by atoms with Crippen molar-refractivity contribution in [1.82, 2.24) is 4.57 Å². The summed E-state index contributed by atoms with van der Waals surface area (Å²) in [6.07, 6.45) is 0. The summed E-state index contributed by atoms with van der Waals surface area (Å²) in [7, 11) is 2.10. The normalized spacial score (nSPS) is 11.3. The third-order valence-electron chi connectivity index (χ3n) is 4.17. The molecule has 2 nitrogen and oxygen atoms in total. The number of benzene rings is 3. The van der Waals surface area contributed by atoms with Gasteiger partial charge in [0.2, 0.25) is 0 Å². The number of aryl methyl sites for hydroxylation is 1. The van der Waals surface area contributed by atoms with Gasteiger partial charge in [-0.2, -0.15) is 0 Å². The smallest absolute Gasteiger partial charge is 0.0515 e. The van der Waals surface area contributed by atoms with Crippen LogP contribution in [0.5, 0.6) is 0 Å². The zero-order valence-corrected chi connectivity index (χ0v) is 11.9. The van der Waals surface area contributed by atoms with Crippen molar-refractivity contribution < 1.29 is 0 Å². The van der Waals surface area contributed by atoms with Crippen molar-refractivity contribution in [3.8, 4) is 11.3 Å². The number of anilines is 1. The van der Waals surface area contributed by atoms with E-state index in [-0.39, 0.29) is 0 Å². The fourth-order valence-corrected chi connectivity index (χ4v) is 3.10. The zero-order valence-electron chi connectivity index (χ0n) is 11.9. The maximum Gasteiger partial charge on any atom is 0.0515 e. The highest BCUT2D eigenvalue weighted by Gasteiger charge is 2.13. The standard InChI is InChI=1S/C19H16N2/c1-21-17-9-5-3-7-14(17)12-18(21)19-15-8-4-2-6-13(15)10-11-16(19)20/h2-12H,20H2,1H3. The van der Waals surface area contributed by atoms with Crippen molar-refractivity contribution in [1.29, 1.82) is 0 Å². The van der Waals surface area contributed by atoms with Gasteiger partial charge in [0, 0.05) is 29.2 Å². The highest BCUT2D eigenvalue weighted by atomic mass is 14.9. The predicted octanol–water partition coefficient (Wildman–Crippen LogP) is 4.58. The highest BCUT2D eigenvalue weighted by molar-refractivity contribution is 6.03. The molecule has 1 aromatic heterocycles. The van der Waals surface area contributed by atoms with Crippen LogP contribution in [0.25, 0.3) is 32.9 Å². The van der Waals surface area contributed by atoms with Gasteiger partial charge in [-0.15, -0.1) is 0 Å². The third-order valence-corrected chi connectivity index (χ3v) is 4.17. The predicted molar refractivity (Wildman–Crippen MR) is 90.3 cm³/mol.